The molecule has 0 aromatic heterocycles. The topological polar surface area (TPSA) is 12.4 Å². The Hall–Kier alpha value is -1.37. The van der Waals surface area contributed by atoms with Crippen molar-refractivity contribution >= 4 is 11.9 Å². The molecule has 1 aromatic carbocycles. The van der Waals surface area contributed by atoms with Crippen molar-refractivity contribution in [3.8, 4) is 0 Å². The Morgan fingerprint density at radius 2 is 2.00 bits per heavy atom. The van der Waals surface area contributed by atoms with Crippen LogP contribution in [0.4, 0.5) is 5.69 Å². The van der Waals surface area contributed by atoms with Crippen LogP contribution < -0.4 is 0 Å². The fraction of sp³-hybridized carbons (Fsp3) is 0.308. The molecule has 0 fully saturated rings. The molecule has 0 radical (unpaired) electrons. The van der Waals surface area contributed by atoms with E-state index in [1.807, 2.05) is 19.2 Å². The number of allylic oxidation sites excluding steroid dienone is 2. The Morgan fingerprint density at radius 3 is 2.71 bits per heavy atom. The normalized spacial score (nSPS) is 11.6. The van der Waals surface area contributed by atoms with Crippen LogP contribution in [0.3, 0.4) is 0 Å². The Kier molecular flexibility index (Phi) is 4.70. The highest BCUT2D eigenvalue weighted by Gasteiger charge is 1.95. The molecule has 0 saturated carbocycles. The summed E-state index contributed by atoms with van der Waals surface area (Å²) in [5, 5.41) is 0. The lowest BCUT2D eigenvalue weighted by atomic mass is 10.1. The summed E-state index contributed by atoms with van der Waals surface area (Å²) in [4.78, 5) is 4.33. The first-order valence-corrected chi connectivity index (χ1v) is 5.10. The molecule has 0 aliphatic heterocycles. The van der Waals surface area contributed by atoms with Gasteiger partial charge in [-0.05, 0) is 31.4 Å². The molecule has 0 aliphatic rings. The Bertz CT molecular complexity index is 324. The second-order valence-corrected chi connectivity index (χ2v) is 3.10. The van der Waals surface area contributed by atoms with Crippen molar-refractivity contribution in [2.45, 2.75) is 26.7 Å². The summed E-state index contributed by atoms with van der Waals surface area (Å²) in [5.74, 6) is 0. The van der Waals surface area contributed by atoms with Gasteiger partial charge in [-0.2, -0.15) is 0 Å². The summed E-state index contributed by atoms with van der Waals surface area (Å²) in [7, 11) is 0. The molecule has 1 rings (SSSR count). The predicted octanol–water partition coefficient (Wildman–Crippen LogP) is 3.92. The molecule has 1 nitrogen and oxygen atoms in total. The smallest absolute Gasteiger partial charge is 0.0660 e. The molecule has 14 heavy (non-hydrogen) atoms. The first-order valence-electron chi connectivity index (χ1n) is 5.10. The van der Waals surface area contributed by atoms with Crippen molar-refractivity contribution in [1.82, 2.24) is 0 Å². The minimum Gasteiger partial charge on any atom is -0.261 e. The van der Waals surface area contributed by atoms with Gasteiger partial charge < -0.3 is 0 Å². The fourth-order valence-corrected chi connectivity index (χ4v) is 1.33. The highest BCUT2D eigenvalue weighted by molar-refractivity contribution is 5.62. The average molecular weight is 187 g/mol. The minimum atomic E-state index is 0.974. The molecule has 0 bridgehead atoms. The maximum atomic E-state index is 4.33. The van der Waals surface area contributed by atoms with Gasteiger partial charge in [0, 0.05) is 6.21 Å². The fourth-order valence-electron chi connectivity index (χ4n) is 1.33. The van der Waals surface area contributed by atoms with E-state index in [0.717, 1.165) is 18.5 Å². The SMILES string of the molecule is CC=Nc1ccccc1C/C=C/CC. The quantitative estimate of drug-likeness (QED) is 0.500. The molecule has 0 spiro atoms. The molecule has 0 heterocycles. The number of para-hydroxylation sites is 1. The van der Waals surface area contributed by atoms with Gasteiger partial charge in [-0.25, -0.2) is 0 Å². The third kappa shape index (κ3) is 3.17. The third-order valence-electron chi connectivity index (χ3n) is 2.00. The van der Waals surface area contributed by atoms with E-state index in [-0.39, 0.29) is 0 Å². The van der Waals surface area contributed by atoms with Gasteiger partial charge in [-0.3, -0.25) is 4.99 Å². The van der Waals surface area contributed by atoms with E-state index in [0.29, 0.717) is 0 Å². The van der Waals surface area contributed by atoms with Gasteiger partial charge in [-0.1, -0.05) is 37.3 Å². The van der Waals surface area contributed by atoms with Crippen LogP contribution in [-0.2, 0) is 6.42 Å². The van der Waals surface area contributed by atoms with Crippen LogP contribution in [0.15, 0.2) is 41.4 Å². The van der Waals surface area contributed by atoms with Crippen LogP contribution in [0, 0.1) is 0 Å². The van der Waals surface area contributed by atoms with E-state index in [1.165, 1.54) is 5.56 Å². The van der Waals surface area contributed by atoms with Gasteiger partial charge in [-0.15, -0.1) is 0 Å². The molecule has 0 unspecified atom stereocenters. The molecule has 74 valence electrons. The largest absolute Gasteiger partial charge is 0.261 e. The van der Waals surface area contributed by atoms with Gasteiger partial charge in [0.05, 0.1) is 5.69 Å². The van der Waals surface area contributed by atoms with E-state index >= 15 is 0 Å². The first-order chi connectivity index (χ1) is 6.88. The summed E-state index contributed by atoms with van der Waals surface area (Å²) in [6.45, 7) is 4.09. The molecular weight excluding hydrogens is 170 g/mol. The van der Waals surface area contributed by atoms with Crippen LogP contribution >= 0.6 is 0 Å². The zero-order chi connectivity index (χ0) is 10.2. The zero-order valence-electron chi connectivity index (χ0n) is 8.90. The third-order valence-corrected chi connectivity index (χ3v) is 2.00. The molecule has 0 saturated heterocycles. The lowest BCUT2D eigenvalue weighted by molar-refractivity contribution is 1.17. The highest BCUT2D eigenvalue weighted by atomic mass is 14.7. The van der Waals surface area contributed by atoms with E-state index < -0.39 is 0 Å². The summed E-state index contributed by atoms with van der Waals surface area (Å²) < 4.78 is 0. The van der Waals surface area contributed by atoms with Crippen molar-refractivity contribution in [3.05, 3.63) is 42.0 Å². The molecule has 0 atom stereocenters. The van der Waals surface area contributed by atoms with Gasteiger partial charge >= 0.3 is 0 Å². The van der Waals surface area contributed by atoms with E-state index in [1.54, 1.807) is 0 Å². The van der Waals surface area contributed by atoms with Crippen LogP contribution in [0.5, 0.6) is 0 Å². The molecule has 1 heteroatoms. The van der Waals surface area contributed by atoms with Crippen LogP contribution in [0.1, 0.15) is 25.8 Å². The van der Waals surface area contributed by atoms with Crippen molar-refractivity contribution in [2.75, 3.05) is 0 Å². The Labute approximate surface area is 86.2 Å². The molecule has 1 aromatic rings. The van der Waals surface area contributed by atoms with Crippen molar-refractivity contribution in [1.29, 1.82) is 0 Å². The molecule has 0 N–H and O–H groups in total. The number of benzene rings is 1. The van der Waals surface area contributed by atoms with E-state index in [2.05, 4.69) is 42.3 Å². The molecule has 0 amide bonds. The number of hydrogen-bond acceptors (Lipinski definition) is 1. The number of aliphatic imine (C=N–C) groups is 1. The lowest BCUT2D eigenvalue weighted by Crippen LogP contribution is -1.81. The average Bonchev–Trinajstić information content (AvgIpc) is 2.21. The summed E-state index contributed by atoms with van der Waals surface area (Å²) >= 11 is 0. The zero-order valence-corrected chi connectivity index (χ0v) is 8.90. The van der Waals surface area contributed by atoms with Gasteiger partial charge in [0.25, 0.3) is 0 Å². The lowest BCUT2D eigenvalue weighted by Gasteiger charge is -2.01. The maximum Gasteiger partial charge on any atom is 0.0660 e. The van der Waals surface area contributed by atoms with Gasteiger partial charge in [0.2, 0.25) is 0 Å². The second kappa shape index (κ2) is 6.14. The number of nitrogens with zero attached hydrogens (tertiary/aromatic N) is 1. The molecular formula is C13H17N. The number of rotatable bonds is 4. The standard InChI is InChI=1S/C13H17N/c1-3-5-6-9-12-10-7-8-11-13(12)14-4-2/h4-8,10-11H,3,9H2,1-2H3/b6-5+,14-4?. The van der Waals surface area contributed by atoms with Gasteiger partial charge in [0.1, 0.15) is 0 Å². The summed E-state index contributed by atoms with van der Waals surface area (Å²) in [6, 6.07) is 8.26. The highest BCUT2D eigenvalue weighted by Crippen LogP contribution is 2.18. The van der Waals surface area contributed by atoms with Gasteiger partial charge in [0.15, 0.2) is 0 Å². The van der Waals surface area contributed by atoms with E-state index in [4.69, 9.17) is 0 Å². The minimum absolute atomic E-state index is 0.974. The van der Waals surface area contributed by atoms with Crippen LogP contribution in [0.2, 0.25) is 0 Å². The van der Waals surface area contributed by atoms with Crippen LogP contribution in [-0.4, -0.2) is 6.21 Å². The first kappa shape index (κ1) is 10.7. The second-order valence-electron chi connectivity index (χ2n) is 3.10. The predicted molar refractivity (Wildman–Crippen MR) is 63.4 cm³/mol. The monoisotopic (exact) mass is 187 g/mol. The Balaban J connectivity index is 2.79. The number of hydrogen-bond donors (Lipinski definition) is 0. The molecule has 0 aliphatic carbocycles. The van der Waals surface area contributed by atoms with E-state index in [9.17, 15) is 0 Å². The van der Waals surface area contributed by atoms with Crippen molar-refractivity contribution < 1.29 is 0 Å². The summed E-state index contributed by atoms with van der Waals surface area (Å²) in [6.07, 6.45) is 8.29. The van der Waals surface area contributed by atoms with Crippen molar-refractivity contribution in [2.24, 2.45) is 4.99 Å². The Morgan fingerprint density at radius 1 is 1.21 bits per heavy atom. The summed E-state index contributed by atoms with van der Waals surface area (Å²) in [5.41, 5.74) is 2.37. The maximum absolute atomic E-state index is 4.33. The van der Waals surface area contributed by atoms with Crippen molar-refractivity contribution in [3.63, 3.8) is 0 Å². The van der Waals surface area contributed by atoms with Crippen LogP contribution in [0.25, 0.3) is 0 Å².